The van der Waals surface area contributed by atoms with Gasteiger partial charge in [-0.15, -0.1) is 0 Å². The maximum absolute atomic E-state index is 12.6. The van der Waals surface area contributed by atoms with Gasteiger partial charge in [-0.25, -0.2) is 17.9 Å². The molecular weight excluding hydrogens is 326 g/mol. The molecule has 0 unspecified atom stereocenters. The molecule has 6 heteroatoms. The van der Waals surface area contributed by atoms with Crippen LogP contribution in [0.15, 0.2) is 53.4 Å². The number of sulfonamides is 1. The third kappa shape index (κ3) is 3.20. The Balaban J connectivity index is 1.84. The largest absolute Gasteiger partial charge is 0.465 e. The first-order valence-electron chi connectivity index (χ1n) is 7.66. The van der Waals surface area contributed by atoms with E-state index >= 15 is 0 Å². The van der Waals surface area contributed by atoms with Crippen molar-refractivity contribution in [2.45, 2.75) is 30.2 Å². The van der Waals surface area contributed by atoms with E-state index in [4.69, 9.17) is 0 Å². The highest BCUT2D eigenvalue weighted by molar-refractivity contribution is 7.89. The molecule has 1 saturated carbocycles. The lowest BCUT2D eigenvalue weighted by Crippen LogP contribution is -2.34. The molecule has 1 aliphatic rings. The maximum atomic E-state index is 12.6. The molecule has 0 aromatic heterocycles. The zero-order valence-electron chi connectivity index (χ0n) is 13.6. The number of aryl methyl sites for hydroxylation is 1. The summed E-state index contributed by atoms with van der Waals surface area (Å²) in [6.45, 7) is 1.91. The second-order valence-electron chi connectivity index (χ2n) is 6.07. The smallest absolute Gasteiger partial charge is 0.337 e. The average molecular weight is 345 g/mol. The van der Waals surface area contributed by atoms with Gasteiger partial charge in [0.15, 0.2) is 0 Å². The molecule has 1 N–H and O–H groups in total. The van der Waals surface area contributed by atoms with E-state index in [0.29, 0.717) is 5.56 Å². The van der Waals surface area contributed by atoms with Gasteiger partial charge in [-0.05, 0) is 49.6 Å². The standard InChI is InChI=1S/C18H19NO4S/c1-13-3-9-16(10-4-13)24(21,22)19-18(11-12-18)15-7-5-14(6-8-15)17(20)23-2/h3-10,19H,11-12H2,1-2H3. The molecule has 1 fully saturated rings. The minimum Gasteiger partial charge on any atom is -0.465 e. The molecule has 0 heterocycles. The number of nitrogens with one attached hydrogen (secondary N) is 1. The third-order valence-corrected chi connectivity index (χ3v) is 5.82. The first-order chi connectivity index (χ1) is 11.4. The van der Waals surface area contributed by atoms with Crippen LogP contribution in [0, 0.1) is 6.92 Å². The van der Waals surface area contributed by atoms with Gasteiger partial charge in [0.05, 0.1) is 23.1 Å². The summed E-state index contributed by atoms with van der Waals surface area (Å²) >= 11 is 0. The lowest BCUT2D eigenvalue weighted by Gasteiger charge is -2.18. The third-order valence-electron chi connectivity index (χ3n) is 4.27. The average Bonchev–Trinajstić information content (AvgIpc) is 3.34. The molecular formula is C18H19NO4S. The zero-order valence-corrected chi connectivity index (χ0v) is 14.4. The van der Waals surface area contributed by atoms with Crippen molar-refractivity contribution >= 4 is 16.0 Å². The van der Waals surface area contributed by atoms with Gasteiger partial charge in [0.25, 0.3) is 0 Å². The Morgan fingerprint density at radius 1 is 1.04 bits per heavy atom. The molecule has 0 spiro atoms. The molecule has 0 amide bonds. The minimum atomic E-state index is -3.59. The Morgan fingerprint density at radius 2 is 1.62 bits per heavy atom. The van der Waals surface area contributed by atoms with Gasteiger partial charge in [0.1, 0.15) is 0 Å². The molecule has 0 saturated heterocycles. The Labute approximate surface area is 141 Å². The van der Waals surface area contributed by atoms with Crippen molar-refractivity contribution in [3.63, 3.8) is 0 Å². The normalized spacial score (nSPS) is 15.8. The summed E-state index contributed by atoms with van der Waals surface area (Å²) in [6.07, 6.45) is 1.46. The van der Waals surface area contributed by atoms with Crippen LogP contribution in [0.4, 0.5) is 0 Å². The molecule has 0 atom stereocenters. The van der Waals surface area contributed by atoms with Crippen LogP contribution in [-0.4, -0.2) is 21.5 Å². The molecule has 0 bridgehead atoms. The van der Waals surface area contributed by atoms with E-state index in [1.807, 2.05) is 6.92 Å². The summed E-state index contributed by atoms with van der Waals surface area (Å²) in [5.74, 6) is -0.411. The number of ether oxygens (including phenoxy) is 1. The van der Waals surface area contributed by atoms with E-state index < -0.39 is 21.5 Å². The number of carbonyl (C=O) groups is 1. The van der Waals surface area contributed by atoms with Crippen LogP contribution in [0.25, 0.3) is 0 Å². The topological polar surface area (TPSA) is 72.5 Å². The van der Waals surface area contributed by atoms with E-state index in [1.165, 1.54) is 7.11 Å². The maximum Gasteiger partial charge on any atom is 0.337 e. The summed E-state index contributed by atoms with van der Waals surface area (Å²) in [7, 11) is -2.27. The van der Waals surface area contributed by atoms with Crippen molar-refractivity contribution in [3.05, 3.63) is 65.2 Å². The number of esters is 1. The van der Waals surface area contributed by atoms with Gasteiger partial charge >= 0.3 is 5.97 Å². The first-order valence-corrected chi connectivity index (χ1v) is 9.14. The number of methoxy groups -OCH3 is 1. The van der Waals surface area contributed by atoms with Crippen LogP contribution in [0.2, 0.25) is 0 Å². The minimum absolute atomic E-state index is 0.255. The number of carbonyl (C=O) groups excluding carboxylic acids is 1. The van der Waals surface area contributed by atoms with Gasteiger partial charge < -0.3 is 4.74 Å². The highest BCUT2D eigenvalue weighted by Gasteiger charge is 2.47. The summed E-state index contributed by atoms with van der Waals surface area (Å²) in [5.41, 5.74) is 1.72. The van der Waals surface area contributed by atoms with Gasteiger partial charge in [-0.2, -0.15) is 0 Å². The fourth-order valence-corrected chi connectivity index (χ4v) is 4.10. The van der Waals surface area contributed by atoms with E-state index in [1.54, 1.807) is 48.5 Å². The SMILES string of the molecule is COC(=O)c1ccc(C2(NS(=O)(=O)c3ccc(C)cc3)CC2)cc1. The van der Waals surface area contributed by atoms with Gasteiger partial charge in [0, 0.05) is 0 Å². The molecule has 24 heavy (non-hydrogen) atoms. The summed E-state index contributed by atoms with van der Waals surface area (Å²) in [5, 5.41) is 0. The fourth-order valence-electron chi connectivity index (χ4n) is 2.65. The van der Waals surface area contributed by atoms with Crippen LogP contribution in [0.5, 0.6) is 0 Å². The summed E-state index contributed by atoms with van der Waals surface area (Å²) in [6, 6.07) is 13.6. The van der Waals surface area contributed by atoms with Gasteiger partial charge in [0.2, 0.25) is 10.0 Å². The Morgan fingerprint density at radius 3 is 2.12 bits per heavy atom. The molecule has 3 rings (SSSR count). The Bertz CT molecular complexity index is 851. The Hall–Kier alpha value is -2.18. The highest BCUT2D eigenvalue weighted by atomic mass is 32.2. The molecule has 126 valence electrons. The molecule has 2 aromatic rings. The van der Waals surface area contributed by atoms with Crippen molar-refractivity contribution in [1.29, 1.82) is 0 Å². The first kappa shape index (κ1) is 16.7. The lowest BCUT2D eigenvalue weighted by molar-refractivity contribution is 0.0600. The van der Waals surface area contributed by atoms with Crippen molar-refractivity contribution in [3.8, 4) is 0 Å². The lowest BCUT2D eigenvalue weighted by atomic mass is 10.0. The molecule has 2 aromatic carbocycles. The summed E-state index contributed by atoms with van der Waals surface area (Å²) in [4.78, 5) is 11.8. The number of hydrogen-bond acceptors (Lipinski definition) is 4. The zero-order chi connectivity index (χ0) is 17.4. The van der Waals surface area contributed by atoms with Crippen LogP contribution in [-0.2, 0) is 20.3 Å². The monoisotopic (exact) mass is 345 g/mol. The van der Waals surface area contributed by atoms with Crippen molar-refractivity contribution in [2.24, 2.45) is 0 Å². The second-order valence-corrected chi connectivity index (χ2v) is 7.75. The van der Waals surface area contributed by atoms with Crippen LogP contribution in [0.1, 0.15) is 34.3 Å². The Kier molecular flexibility index (Phi) is 4.19. The van der Waals surface area contributed by atoms with Crippen molar-refractivity contribution < 1.29 is 17.9 Å². The van der Waals surface area contributed by atoms with Crippen LogP contribution < -0.4 is 4.72 Å². The molecule has 5 nitrogen and oxygen atoms in total. The number of hydrogen-bond donors (Lipinski definition) is 1. The molecule has 0 aliphatic heterocycles. The fraction of sp³-hybridized carbons (Fsp3) is 0.278. The predicted octanol–water partition coefficient (Wildman–Crippen LogP) is 2.75. The predicted molar refractivity (Wildman–Crippen MR) is 90.2 cm³/mol. The highest BCUT2D eigenvalue weighted by Crippen LogP contribution is 2.46. The summed E-state index contributed by atoms with van der Waals surface area (Å²) < 4.78 is 32.7. The van der Waals surface area contributed by atoms with Crippen molar-refractivity contribution in [2.75, 3.05) is 7.11 Å². The van der Waals surface area contributed by atoms with Crippen LogP contribution in [0.3, 0.4) is 0 Å². The van der Waals surface area contributed by atoms with Gasteiger partial charge in [-0.3, -0.25) is 0 Å². The van der Waals surface area contributed by atoms with Crippen molar-refractivity contribution in [1.82, 2.24) is 4.72 Å². The van der Waals surface area contributed by atoms with Crippen LogP contribution >= 0.6 is 0 Å². The van der Waals surface area contributed by atoms with E-state index in [2.05, 4.69) is 9.46 Å². The second kappa shape index (κ2) is 6.03. The number of rotatable bonds is 5. The van der Waals surface area contributed by atoms with E-state index in [-0.39, 0.29) is 4.90 Å². The quantitative estimate of drug-likeness (QED) is 0.846. The van der Waals surface area contributed by atoms with E-state index in [9.17, 15) is 13.2 Å². The number of benzene rings is 2. The van der Waals surface area contributed by atoms with E-state index in [0.717, 1.165) is 24.0 Å². The molecule has 0 radical (unpaired) electrons. The molecule has 1 aliphatic carbocycles. The van der Waals surface area contributed by atoms with Gasteiger partial charge in [-0.1, -0.05) is 29.8 Å².